The van der Waals surface area contributed by atoms with Gasteiger partial charge in [-0.2, -0.15) is 0 Å². The smallest absolute Gasteiger partial charge is 0.319 e. The van der Waals surface area contributed by atoms with Gasteiger partial charge in [0.2, 0.25) is 0 Å². The fraction of sp³-hybridized carbons (Fsp3) is 0.500. The molecular weight excluding hydrogens is 242 g/mol. The average molecular weight is 263 g/mol. The second kappa shape index (κ2) is 6.31. The summed E-state index contributed by atoms with van der Waals surface area (Å²) in [5.41, 5.74) is 6.91. The normalized spacial score (nSPS) is 15.8. The predicted octanol–water partition coefficient (Wildman–Crippen LogP) is 2.73. The first-order valence-electron chi connectivity index (χ1n) is 6.70. The number of anilines is 2. The minimum absolute atomic E-state index is 0.185. The number of carbonyl (C=O) groups excluding carboxylic acids is 1. The van der Waals surface area contributed by atoms with Gasteiger partial charge in [-0.15, -0.1) is 0 Å². The molecule has 2 rings (SSSR count). The van der Waals surface area contributed by atoms with Gasteiger partial charge in [-0.05, 0) is 25.0 Å². The molecule has 0 atom stereocenters. The largest absolute Gasteiger partial charge is 0.494 e. The van der Waals surface area contributed by atoms with Gasteiger partial charge in [-0.1, -0.05) is 19.3 Å². The number of benzene rings is 1. The Labute approximate surface area is 113 Å². The summed E-state index contributed by atoms with van der Waals surface area (Å²) in [5.74, 6) is 0.568. The van der Waals surface area contributed by atoms with Gasteiger partial charge in [0.25, 0.3) is 0 Å². The van der Waals surface area contributed by atoms with Gasteiger partial charge >= 0.3 is 6.03 Å². The molecule has 0 spiro atoms. The number of nitrogens with one attached hydrogen (secondary N) is 2. The summed E-state index contributed by atoms with van der Waals surface area (Å²) in [6, 6.07) is 5.27. The number of urea groups is 1. The molecule has 5 nitrogen and oxygen atoms in total. The van der Waals surface area contributed by atoms with Crippen LogP contribution in [-0.4, -0.2) is 19.2 Å². The van der Waals surface area contributed by atoms with Gasteiger partial charge in [0, 0.05) is 17.8 Å². The lowest BCUT2D eigenvalue weighted by atomic mass is 9.96. The molecule has 0 bridgehead atoms. The zero-order valence-corrected chi connectivity index (χ0v) is 11.2. The van der Waals surface area contributed by atoms with Gasteiger partial charge in [0.1, 0.15) is 5.75 Å². The number of hydrogen-bond acceptors (Lipinski definition) is 3. The molecule has 1 aliphatic carbocycles. The van der Waals surface area contributed by atoms with E-state index in [9.17, 15) is 4.79 Å². The van der Waals surface area contributed by atoms with Crippen molar-refractivity contribution in [3.63, 3.8) is 0 Å². The van der Waals surface area contributed by atoms with Crippen LogP contribution < -0.4 is 21.1 Å². The van der Waals surface area contributed by atoms with E-state index in [0.29, 0.717) is 17.1 Å². The minimum Gasteiger partial charge on any atom is -0.494 e. The van der Waals surface area contributed by atoms with Crippen LogP contribution in [0.3, 0.4) is 0 Å². The Morgan fingerprint density at radius 1 is 1.32 bits per heavy atom. The fourth-order valence-electron chi connectivity index (χ4n) is 2.40. The zero-order chi connectivity index (χ0) is 13.7. The fourth-order valence-corrected chi connectivity index (χ4v) is 2.40. The van der Waals surface area contributed by atoms with Crippen molar-refractivity contribution in [3.8, 4) is 5.75 Å². The molecule has 1 aliphatic rings. The van der Waals surface area contributed by atoms with Gasteiger partial charge in [0.05, 0.1) is 12.8 Å². The number of carbonyl (C=O) groups is 1. The first-order valence-corrected chi connectivity index (χ1v) is 6.70. The molecule has 1 fully saturated rings. The van der Waals surface area contributed by atoms with Crippen molar-refractivity contribution in [3.05, 3.63) is 18.2 Å². The van der Waals surface area contributed by atoms with Gasteiger partial charge in [-0.3, -0.25) is 0 Å². The Bertz CT molecular complexity index is 442. The highest BCUT2D eigenvalue weighted by Gasteiger charge is 2.16. The molecule has 19 heavy (non-hydrogen) atoms. The molecule has 1 aromatic carbocycles. The number of amides is 2. The Morgan fingerprint density at radius 2 is 2.05 bits per heavy atom. The van der Waals surface area contributed by atoms with Crippen LogP contribution in [0.4, 0.5) is 16.2 Å². The summed E-state index contributed by atoms with van der Waals surface area (Å²) in [6.45, 7) is 0. The molecule has 0 radical (unpaired) electrons. The van der Waals surface area contributed by atoms with E-state index in [1.807, 2.05) is 0 Å². The van der Waals surface area contributed by atoms with Crippen molar-refractivity contribution in [1.29, 1.82) is 0 Å². The SMILES string of the molecule is COc1cc(N)ccc1NC(=O)NC1CCCCC1. The number of nitrogens with two attached hydrogens (primary N) is 1. The highest BCUT2D eigenvalue weighted by molar-refractivity contribution is 5.91. The van der Waals surface area contributed by atoms with Crippen LogP contribution in [0.25, 0.3) is 0 Å². The van der Waals surface area contributed by atoms with Gasteiger partial charge in [0.15, 0.2) is 0 Å². The Morgan fingerprint density at radius 3 is 2.74 bits per heavy atom. The molecule has 0 heterocycles. The summed E-state index contributed by atoms with van der Waals surface area (Å²) in [6.07, 6.45) is 5.77. The van der Waals surface area contributed by atoms with E-state index in [4.69, 9.17) is 10.5 Å². The zero-order valence-electron chi connectivity index (χ0n) is 11.2. The molecule has 4 N–H and O–H groups in total. The van der Waals surface area contributed by atoms with Crippen molar-refractivity contribution in [1.82, 2.24) is 5.32 Å². The average Bonchev–Trinajstić information content (AvgIpc) is 2.42. The maximum absolute atomic E-state index is 11.9. The van der Waals surface area contributed by atoms with Crippen LogP contribution >= 0.6 is 0 Å². The monoisotopic (exact) mass is 263 g/mol. The third kappa shape index (κ3) is 3.77. The second-order valence-corrected chi connectivity index (χ2v) is 4.89. The number of methoxy groups -OCH3 is 1. The molecule has 104 valence electrons. The van der Waals surface area contributed by atoms with Crippen LogP contribution in [0.15, 0.2) is 18.2 Å². The molecule has 0 aliphatic heterocycles. The first-order chi connectivity index (χ1) is 9.19. The number of nitrogen functional groups attached to an aromatic ring is 1. The van der Waals surface area contributed by atoms with Crippen molar-refractivity contribution >= 4 is 17.4 Å². The van der Waals surface area contributed by atoms with Crippen LogP contribution in [-0.2, 0) is 0 Å². The molecular formula is C14H21N3O2. The summed E-state index contributed by atoms with van der Waals surface area (Å²) < 4.78 is 5.19. The van der Waals surface area contributed by atoms with Crippen molar-refractivity contribution < 1.29 is 9.53 Å². The van der Waals surface area contributed by atoms with Crippen LogP contribution in [0.2, 0.25) is 0 Å². The highest BCUT2D eigenvalue weighted by Crippen LogP contribution is 2.26. The quantitative estimate of drug-likeness (QED) is 0.734. The molecule has 5 heteroatoms. The molecule has 0 aromatic heterocycles. The standard InChI is InChI=1S/C14H21N3O2/c1-19-13-9-10(15)7-8-12(13)17-14(18)16-11-5-3-2-4-6-11/h7-9,11H,2-6,15H2,1H3,(H2,16,17,18). The summed E-state index contributed by atoms with van der Waals surface area (Å²) in [4.78, 5) is 11.9. The van der Waals surface area contributed by atoms with Gasteiger partial charge in [-0.25, -0.2) is 4.79 Å². The third-order valence-corrected chi connectivity index (χ3v) is 3.41. The highest BCUT2D eigenvalue weighted by atomic mass is 16.5. The molecule has 1 saturated carbocycles. The van der Waals surface area contributed by atoms with Gasteiger partial charge < -0.3 is 21.1 Å². The van der Waals surface area contributed by atoms with Crippen LogP contribution in [0, 0.1) is 0 Å². The number of rotatable bonds is 3. The Hall–Kier alpha value is -1.91. The Kier molecular flexibility index (Phi) is 4.49. The van der Waals surface area contributed by atoms with Crippen molar-refractivity contribution in [2.45, 2.75) is 38.1 Å². The van der Waals surface area contributed by atoms with Crippen LogP contribution in [0.1, 0.15) is 32.1 Å². The lowest BCUT2D eigenvalue weighted by Crippen LogP contribution is -2.39. The molecule has 0 unspecified atom stereocenters. The lowest BCUT2D eigenvalue weighted by Gasteiger charge is -2.23. The molecule has 0 saturated heterocycles. The van der Waals surface area contributed by atoms with Crippen molar-refractivity contribution in [2.24, 2.45) is 0 Å². The predicted molar refractivity (Wildman–Crippen MR) is 76.4 cm³/mol. The van der Waals surface area contributed by atoms with Crippen LogP contribution in [0.5, 0.6) is 5.75 Å². The van der Waals surface area contributed by atoms with Crippen molar-refractivity contribution in [2.75, 3.05) is 18.2 Å². The van der Waals surface area contributed by atoms with E-state index in [1.165, 1.54) is 19.3 Å². The maximum atomic E-state index is 11.9. The van der Waals surface area contributed by atoms with E-state index in [2.05, 4.69) is 10.6 Å². The molecule has 1 aromatic rings. The third-order valence-electron chi connectivity index (χ3n) is 3.41. The summed E-state index contributed by atoms with van der Waals surface area (Å²) in [5, 5.41) is 5.80. The first kappa shape index (κ1) is 13.5. The van der Waals surface area contributed by atoms with E-state index in [1.54, 1.807) is 25.3 Å². The summed E-state index contributed by atoms with van der Waals surface area (Å²) in [7, 11) is 1.55. The minimum atomic E-state index is -0.185. The van der Waals surface area contributed by atoms with E-state index < -0.39 is 0 Å². The second-order valence-electron chi connectivity index (χ2n) is 4.89. The van der Waals surface area contributed by atoms with E-state index >= 15 is 0 Å². The number of ether oxygens (including phenoxy) is 1. The van der Waals surface area contributed by atoms with E-state index in [0.717, 1.165) is 12.8 Å². The topological polar surface area (TPSA) is 76.4 Å². The number of hydrogen-bond donors (Lipinski definition) is 3. The van der Waals surface area contributed by atoms with E-state index in [-0.39, 0.29) is 12.1 Å². The molecule has 2 amide bonds. The lowest BCUT2D eigenvalue weighted by molar-refractivity contribution is 0.244. The summed E-state index contributed by atoms with van der Waals surface area (Å²) >= 11 is 0. The Balaban J connectivity index is 1.94. The maximum Gasteiger partial charge on any atom is 0.319 e.